The highest BCUT2D eigenvalue weighted by molar-refractivity contribution is 5.96. The van der Waals surface area contributed by atoms with Gasteiger partial charge < -0.3 is 10.4 Å². The van der Waals surface area contributed by atoms with Crippen molar-refractivity contribution in [2.45, 2.75) is 33.1 Å². The van der Waals surface area contributed by atoms with E-state index < -0.39 is 17.8 Å². The van der Waals surface area contributed by atoms with Crippen molar-refractivity contribution >= 4 is 11.9 Å². The SMILES string of the molecule is CC(C(=O)O)C(=O)NCCc1ccc(C(C)C)cc1. The fourth-order valence-corrected chi connectivity index (χ4v) is 1.66. The summed E-state index contributed by atoms with van der Waals surface area (Å²) in [4.78, 5) is 22.0. The van der Waals surface area contributed by atoms with E-state index in [0.29, 0.717) is 18.9 Å². The van der Waals surface area contributed by atoms with Gasteiger partial charge in [0.25, 0.3) is 0 Å². The Morgan fingerprint density at radius 1 is 1.16 bits per heavy atom. The molecule has 1 amide bonds. The first-order chi connectivity index (χ1) is 8.91. The molecule has 0 radical (unpaired) electrons. The number of carbonyl (C=O) groups excluding carboxylic acids is 1. The number of carboxylic acids is 1. The molecule has 0 spiro atoms. The molecule has 19 heavy (non-hydrogen) atoms. The number of amides is 1. The van der Waals surface area contributed by atoms with E-state index in [1.54, 1.807) is 0 Å². The molecule has 1 rings (SSSR count). The van der Waals surface area contributed by atoms with Crippen molar-refractivity contribution in [3.63, 3.8) is 0 Å². The van der Waals surface area contributed by atoms with Crippen molar-refractivity contribution in [2.24, 2.45) is 5.92 Å². The highest BCUT2D eigenvalue weighted by atomic mass is 16.4. The van der Waals surface area contributed by atoms with E-state index in [4.69, 9.17) is 5.11 Å². The molecular formula is C15H21NO3. The quantitative estimate of drug-likeness (QED) is 0.773. The molecule has 0 aromatic heterocycles. The van der Waals surface area contributed by atoms with Crippen molar-refractivity contribution < 1.29 is 14.7 Å². The van der Waals surface area contributed by atoms with Crippen LogP contribution in [0.3, 0.4) is 0 Å². The predicted molar refractivity (Wildman–Crippen MR) is 74.0 cm³/mol. The van der Waals surface area contributed by atoms with Crippen LogP contribution in [0.25, 0.3) is 0 Å². The van der Waals surface area contributed by atoms with Gasteiger partial charge >= 0.3 is 5.97 Å². The zero-order chi connectivity index (χ0) is 14.4. The number of carbonyl (C=O) groups is 2. The molecule has 1 unspecified atom stereocenters. The molecule has 0 aliphatic carbocycles. The van der Waals surface area contributed by atoms with Gasteiger partial charge in [0.1, 0.15) is 5.92 Å². The molecule has 104 valence electrons. The van der Waals surface area contributed by atoms with Gasteiger partial charge in [0.15, 0.2) is 0 Å². The molecular weight excluding hydrogens is 242 g/mol. The lowest BCUT2D eigenvalue weighted by molar-refractivity contribution is -0.146. The van der Waals surface area contributed by atoms with Gasteiger partial charge in [-0.15, -0.1) is 0 Å². The maximum absolute atomic E-state index is 11.4. The largest absolute Gasteiger partial charge is 0.481 e. The maximum Gasteiger partial charge on any atom is 0.315 e. The Hall–Kier alpha value is -1.84. The number of aliphatic carboxylic acids is 1. The van der Waals surface area contributed by atoms with Crippen LogP contribution in [-0.4, -0.2) is 23.5 Å². The number of benzene rings is 1. The van der Waals surface area contributed by atoms with Gasteiger partial charge in [0.05, 0.1) is 0 Å². The van der Waals surface area contributed by atoms with E-state index in [1.165, 1.54) is 12.5 Å². The number of hydrogen-bond donors (Lipinski definition) is 2. The van der Waals surface area contributed by atoms with Crippen molar-refractivity contribution in [1.29, 1.82) is 0 Å². The number of carboxylic acid groups (broad SMARTS) is 1. The second-order valence-corrected chi connectivity index (χ2v) is 5.00. The standard InChI is InChI=1S/C15H21NO3/c1-10(2)13-6-4-12(5-7-13)8-9-16-14(17)11(3)15(18)19/h4-7,10-11H,8-9H2,1-3H3,(H,16,17)(H,18,19). The van der Waals surface area contributed by atoms with Gasteiger partial charge in [-0.2, -0.15) is 0 Å². The average molecular weight is 263 g/mol. The van der Waals surface area contributed by atoms with E-state index in [-0.39, 0.29) is 0 Å². The zero-order valence-corrected chi connectivity index (χ0v) is 11.6. The Morgan fingerprint density at radius 2 is 1.74 bits per heavy atom. The summed E-state index contributed by atoms with van der Waals surface area (Å²) in [6.45, 7) is 6.12. The van der Waals surface area contributed by atoms with E-state index in [0.717, 1.165) is 5.56 Å². The summed E-state index contributed by atoms with van der Waals surface area (Å²) in [5.74, 6) is -2.03. The predicted octanol–water partition coefficient (Wildman–Crippen LogP) is 2.19. The number of rotatable bonds is 6. The Morgan fingerprint density at radius 3 is 2.21 bits per heavy atom. The van der Waals surface area contributed by atoms with E-state index in [1.807, 2.05) is 12.1 Å². The molecule has 0 saturated carbocycles. The van der Waals surface area contributed by atoms with E-state index in [2.05, 4.69) is 31.3 Å². The Kier molecular flexibility index (Phi) is 5.55. The summed E-state index contributed by atoms with van der Waals surface area (Å²) in [6.07, 6.45) is 0.705. The Labute approximate surface area is 113 Å². The molecule has 0 heterocycles. The van der Waals surface area contributed by atoms with Crippen molar-refractivity contribution in [3.05, 3.63) is 35.4 Å². The third-order valence-electron chi connectivity index (χ3n) is 3.12. The van der Waals surface area contributed by atoms with E-state index in [9.17, 15) is 9.59 Å². The topological polar surface area (TPSA) is 66.4 Å². The zero-order valence-electron chi connectivity index (χ0n) is 11.6. The van der Waals surface area contributed by atoms with Crippen LogP contribution in [0.15, 0.2) is 24.3 Å². The van der Waals surface area contributed by atoms with Gasteiger partial charge in [-0.3, -0.25) is 9.59 Å². The van der Waals surface area contributed by atoms with Crippen LogP contribution in [0.5, 0.6) is 0 Å². The fraction of sp³-hybridized carbons (Fsp3) is 0.467. The third-order valence-corrected chi connectivity index (χ3v) is 3.12. The number of nitrogens with one attached hydrogen (secondary N) is 1. The molecule has 2 N–H and O–H groups in total. The summed E-state index contributed by atoms with van der Waals surface area (Å²) >= 11 is 0. The molecule has 0 aliphatic heterocycles. The lowest BCUT2D eigenvalue weighted by Gasteiger charge is -2.09. The summed E-state index contributed by atoms with van der Waals surface area (Å²) in [5, 5.41) is 11.3. The average Bonchev–Trinajstić information content (AvgIpc) is 2.38. The van der Waals surface area contributed by atoms with Crippen LogP contribution in [0, 0.1) is 5.92 Å². The number of hydrogen-bond acceptors (Lipinski definition) is 2. The van der Waals surface area contributed by atoms with Crippen LogP contribution in [0.4, 0.5) is 0 Å². The van der Waals surface area contributed by atoms with Crippen LogP contribution in [-0.2, 0) is 16.0 Å². The first kappa shape index (κ1) is 15.2. The first-order valence-corrected chi connectivity index (χ1v) is 6.51. The van der Waals surface area contributed by atoms with E-state index >= 15 is 0 Å². The maximum atomic E-state index is 11.4. The molecule has 1 aromatic carbocycles. The molecule has 0 bridgehead atoms. The monoisotopic (exact) mass is 263 g/mol. The van der Waals surface area contributed by atoms with Crippen molar-refractivity contribution in [1.82, 2.24) is 5.32 Å². The van der Waals surface area contributed by atoms with Gasteiger partial charge in [-0.1, -0.05) is 38.1 Å². The molecule has 1 atom stereocenters. The molecule has 0 saturated heterocycles. The minimum atomic E-state index is -1.10. The lowest BCUT2D eigenvalue weighted by Crippen LogP contribution is -2.34. The fourth-order valence-electron chi connectivity index (χ4n) is 1.66. The smallest absolute Gasteiger partial charge is 0.315 e. The van der Waals surface area contributed by atoms with Crippen molar-refractivity contribution in [2.75, 3.05) is 6.54 Å². The third kappa shape index (κ3) is 4.73. The molecule has 1 aromatic rings. The van der Waals surface area contributed by atoms with Crippen LogP contribution < -0.4 is 5.32 Å². The highest BCUT2D eigenvalue weighted by Gasteiger charge is 2.19. The minimum Gasteiger partial charge on any atom is -0.481 e. The minimum absolute atomic E-state index is 0.439. The Balaban J connectivity index is 2.41. The molecule has 0 fully saturated rings. The van der Waals surface area contributed by atoms with Crippen LogP contribution in [0.1, 0.15) is 37.8 Å². The highest BCUT2D eigenvalue weighted by Crippen LogP contribution is 2.14. The normalized spacial score (nSPS) is 12.2. The lowest BCUT2D eigenvalue weighted by atomic mass is 10.0. The van der Waals surface area contributed by atoms with Gasteiger partial charge in [-0.05, 0) is 30.4 Å². The van der Waals surface area contributed by atoms with Crippen LogP contribution in [0.2, 0.25) is 0 Å². The summed E-state index contributed by atoms with van der Waals surface area (Å²) in [5.41, 5.74) is 2.42. The summed E-state index contributed by atoms with van der Waals surface area (Å²) in [7, 11) is 0. The molecule has 0 aliphatic rings. The van der Waals surface area contributed by atoms with Gasteiger partial charge in [-0.25, -0.2) is 0 Å². The molecule has 4 nitrogen and oxygen atoms in total. The van der Waals surface area contributed by atoms with Gasteiger partial charge in [0, 0.05) is 6.54 Å². The summed E-state index contributed by atoms with van der Waals surface area (Å²) in [6, 6.07) is 8.26. The van der Waals surface area contributed by atoms with Gasteiger partial charge in [0.2, 0.25) is 5.91 Å². The summed E-state index contributed by atoms with van der Waals surface area (Å²) < 4.78 is 0. The first-order valence-electron chi connectivity index (χ1n) is 6.51. The molecule has 4 heteroatoms. The second kappa shape index (κ2) is 6.92. The van der Waals surface area contributed by atoms with Crippen LogP contribution >= 0.6 is 0 Å². The second-order valence-electron chi connectivity index (χ2n) is 5.00. The Bertz CT molecular complexity index is 437. The van der Waals surface area contributed by atoms with Crippen molar-refractivity contribution in [3.8, 4) is 0 Å².